The Morgan fingerprint density at radius 3 is 2.54 bits per heavy atom. The molecular formula is C23H28N3OS+. The molecule has 1 aliphatic heterocycles. The van der Waals surface area contributed by atoms with Gasteiger partial charge in [-0.2, -0.15) is 0 Å². The third kappa shape index (κ3) is 4.42. The SMILES string of the molecule is CCN(Cc1ccccc1)C(=O)C[NH+]1CCC(c2nc3ccccc3s2)CC1. The number of nitrogens with one attached hydrogen (secondary N) is 1. The fraction of sp³-hybridized carbons (Fsp3) is 0.391. The fourth-order valence-corrected chi connectivity index (χ4v) is 5.16. The lowest BCUT2D eigenvalue weighted by atomic mass is 9.97. The topological polar surface area (TPSA) is 37.6 Å². The van der Waals surface area contributed by atoms with Gasteiger partial charge in [0.05, 0.1) is 28.3 Å². The predicted octanol–water partition coefficient (Wildman–Crippen LogP) is 3.11. The molecule has 1 saturated heterocycles. The lowest BCUT2D eigenvalue weighted by Gasteiger charge is -2.30. The zero-order valence-corrected chi connectivity index (χ0v) is 17.3. The van der Waals surface area contributed by atoms with Gasteiger partial charge in [0.1, 0.15) is 0 Å². The molecule has 28 heavy (non-hydrogen) atoms. The molecule has 5 heteroatoms. The van der Waals surface area contributed by atoms with Crippen LogP contribution in [0.1, 0.15) is 36.3 Å². The Hall–Kier alpha value is -2.24. The van der Waals surface area contributed by atoms with Crippen molar-refractivity contribution in [3.05, 3.63) is 65.2 Å². The van der Waals surface area contributed by atoms with Gasteiger partial charge in [0.15, 0.2) is 6.54 Å². The first kappa shape index (κ1) is 19.1. The number of carbonyl (C=O) groups is 1. The lowest BCUT2D eigenvalue weighted by molar-refractivity contribution is -0.897. The van der Waals surface area contributed by atoms with Crippen LogP contribution in [0.15, 0.2) is 54.6 Å². The number of piperidine rings is 1. The number of amides is 1. The van der Waals surface area contributed by atoms with Crippen molar-refractivity contribution < 1.29 is 9.69 Å². The molecule has 0 radical (unpaired) electrons. The number of para-hydroxylation sites is 1. The van der Waals surface area contributed by atoms with Crippen LogP contribution in [0.3, 0.4) is 0 Å². The molecule has 1 aromatic heterocycles. The molecule has 4 rings (SSSR count). The Bertz CT molecular complexity index is 883. The second kappa shape index (κ2) is 8.84. The van der Waals surface area contributed by atoms with E-state index in [9.17, 15) is 4.79 Å². The molecule has 4 nitrogen and oxygen atoms in total. The van der Waals surface area contributed by atoms with E-state index in [0.717, 1.165) is 38.0 Å². The molecule has 146 valence electrons. The summed E-state index contributed by atoms with van der Waals surface area (Å²) in [4.78, 5) is 21.0. The lowest BCUT2D eigenvalue weighted by Crippen LogP contribution is -3.14. The monoisotopic (exact) mass is 394 g/mol. The number of carbonyl (C=O) groups excluding carboxylic acids is 1. The van der Waals surface area contributed by atoms with E-state index >= 15 is 0 Å². The van der Waals surface area contributed by atoms with E-state index in [-0.39, 0.29) is 5.91 Å². The minimum absolute atomic E-state index is 0.264. The summed E-state index contributed by atoms with van der Waals surface area (Å²) in [6, 6.07) is 18.6. The molecule has 0 unspecified atom stereocenters. The maximum Gasteiger partial charge on any atom is 0.278 e. The number of rotatable bonds is 6. The first-order valence-electron chi connectivity index (χ1n) is 10.2. The highest BCUT2D eigenvalue weighted by Gasteiger charge is 2.28. The summed E-state index contributed by atoms with van der Waals surface area (Å²) in [7, 11) is 0. The summed E-state index contributed by atoms with van der Waals surface area (Å²) < 4.78 is 1.28. The van der Waals surface area contributed by atoms with Crippen LogP contribution in [0.4, 0.5) is 0 Å². The molecule has 3 aromatic rings. The van der Waals surface area contributed by atoms with Gasteiger partial charge >= 0.3 is 0 Å². The van der Waals surface area contributed by atoms with Gasteiger partial charge in [0.2, 0.25) is 0 Å². The molecule has 0 atom stereocenters. The molecule has 2 aromatic carbocycles. The quantitative estimate of drug-likeness (QED) is 0.698. The summed E-state index contributed by atoms with van der Waals surface area (Å²) >= 11 is 1.83. The van der Waals surface area contributed by atoms with Gasteiger partial charge in [0.25, 0.3) is 5.91 Å². The summed E-state index contributed by atoms with van der Waals surface area (Å²) in [5.74, 6) is 0.808. The minimum Gasteiger partial charge on any atom is -0.334 e. The predicted molar refractivity (Wildman–Crippen MR) is 115 cm³/mol. The van der Waals surface area contributed by atoms with Crippen LogP contribution in [0, 0.1) is 0 Å². The van der Waals surface area contributed by atoms with E-state index in [1.54, 1.807) is 0 Å². The number of thiazole rings is 1. The molecule has 2 heterocycles. The number of likely N-dealkylation sites (N-methyl/N-ethyl adjacent to an activating group) is 1. The van der Waals surface area contributed by atoms with Crippen molar-refractivity contribution >= 4 is 27.5 Å². The van der Waals surface area contributed by atoms with Gasteiger partial charge < -0.3 is 9.80 Å². The number of benzene rings is 2. The number of nitrogens with zero attached hydrogens (tertiary/aromatic N) is 2. The molecular weight excluding hydrogens is 366 g/mol. The van der Waals surface area contributed by atoms with Gasteiger partial charge in [-0.05, 0) is 24.6 Å². The Morgan fingerprint density at radius 2 is 1.82 bits per heavy atom. The van der Waals surface area contributed by atoms with Gasteiger partial charge in [-0.25, -0.2) is 4.98 Å². The number of hydrogen-bond acceptors (Lipinski definition) is 3. The van der Waals surface area contributed by atoms with Crippen LogP contribution in [0.25, 0.3) is 10.2 Å². The van der Waals surface area contributed by atoms with Crippen molar-refractivity contribution in [1.82, 2.24) is 9.88 Å². The average molecular weight is 395 g/mol. The van der Waals surface area contributed by atoms with E-state index in [1.807, 2.05) is 34.4 Å². The van der Waals surface area contributed by atoms with Crippen LogP contribution in [-0.2, 0) is 11.3 Å². The van der Waals surface area contributed by atoms with E-state index in [2.05, 4.69) is 43.3 Å². The molecule has 0 bridgehead atoms. The first-order chi connectivity index (χ1) is 13.7. The summed E-state index contributed by atoms with van der Waals surface area (Å²) in [5, 5.41) is 1.27. The van der Waals surface area contributed by atoms with Crippen LogP contribution < -0.4 is 4.90 Å². The zero-order valence-electron chi connectivity index (χ0n) is 16.4. The summed E-state index contributed by atoms with van der Waals surface area (Å²) in [6.45, 7) is 6.24. The average Bonchev–Trinajstić information content (AvgIpc) is 3.17. The van der Waals surface area contributed by atoms with Crippen molar-refractivity contribution in [2.45, 2.75) is 32.2 Å². The largest absolute Gasteiger partial charge is 0.334 e. The number of quaternary nitrogens is 1. The Morgan fingerprint density at radius 1 is 1.11 bits per heavy atom. The van der Waals surface area contributed by atoms with Gasteiger partial charge in [0, 0.05) is 31.8 Å². The van der Waals surface area contributed by atoms with E-state index < -0.39 is 0 Å². The standard InChI is InChI=1S/C23H27N3OS/c1-2-26(16-18-8-4-3-5-9-18)22(27)17-25-14-12-19(13-15-25)23-24-20-10-6-7-11-21(20)28-23/h3-11,19H,2,12-17H2,1H3/p+1. The highest BCUT2D eigenvalue weighted by molar-refractivity contribution is 7.18. The second-order valence-corrected chi connectivity index (χ2v) is 8.68. The second-order valence-electron chi connectivity index (χ2n) is 7.61. The van der Waals surface area contributed by atoms with Crippen LogP contribution in [0.5, 0.6) is 0 Å². The van der Waals surface area contributed by atoms with Crippen LogP contribution >= 0.6 is 11.3 Å². The van der Waals surface area contributed by atoms with Crippen molar-refractivity contribution in [2.24, 2.45) is 0 Å². The third-order valence-corrected chi connectivity index (χ3v) is 6.90. The maximum atomic E-state index is 12.8. The van der Waals surface area contributed by atoms with Gasteiger partial charge in [-0.3, -0.25) is 4.79 Å². The van der Waals surface area contributed by atoms with Crippen LogP contribution in [0.2, 0.25) is 0 Å². The first-order valence-corrected chi connectivity index (χ1v) is 11.1. The van der Waals surface area contributed by atoms with Gasteiger partial charge in [-0.15, -0.1) is 11.3 Å². The highest BCUT2D eigenvalue weighted by Crippen LogP contribution is 2.31. The summed E-state index contributed by atoms with van der Waals surface area (Å²) in [6.07, 6.45) is 2.24. The smallest absolute Gasteiger partial charge is 0.278 e. The van der Waals surface area contributed by atoms with Crippen molar-refractivity contribution in [2.75, 3.05) is 26.2 Å². The molecule has 0 spiro atoms. The van der Waals surface area contributed by atoms with Crippen LogP contribution in [-0.4, -0.2) is 42.0 Å². The maximum absolute atomic E-state index is 12.8. The number of aromatic nitrogens is 1. The molecule has 1 aliphatic rings. The Kier molecular flexibility index (Phi) is 6.03. The minimum atomic E-state index is 0.264. The molecule has 0 aliphatic carbocycles. The van der Waals surface area contributed by atoms with Crippen molar-refractivity contribution in [3.8, 4) is 0 Å². The Balaban J connectivity index is 1.31. The molecule has 1 amide bonds. The number of fused-ring (bicyclic) bond motifs is 1. The fourth-order valence-electron chi connectivity index (χ4n) is 4.02. The zero-order chi connectivity index (χ0) is 19.3. The summed E-state index contributed by atoms with van der Waals surface area (Å²) in [5.41, 5.74) is 2.31. The molecule has 0 saturated carbocycles. The van der Waals surface area contributed by atoms with E-state index in [1.165, 1.54) is 20.2 Å². The number of hydrogen-bond donors (Lipinski definition) is 1. The highest BCUT2D eigenvalue weighted by atomic mass is 32.1. The van der Waals surface area contributed by atoms with Crippen molar-refractivity contribution in [1.29, 1.82) is 0 Å². The number of likely N-dealkylation sites (tertiary alicyclic amines) is 1. The third-order valence-electron chi connectivity index (χ3n) is 5.70. The van der Waals surface area contributed by atoms with E-state index in [0.29, 0.717) is 19.0 Å². The van der Waals surface area contributed by atoms with Gasteiger partial charge in [-0.1, -0.05) is 42.5 Å². The normalized spacial score (nSPS) is 19.6. The van der Waals surface area contributed by atoms with Crippen molar-refractivity contribution in [3.63, 3.8) is 0 Å². The molecule has 1 N–H and O–H groups in total. The Labute approximate surface area is 170 Å². The van der Waals surface area contributed by atoms with E-state index in [4.69, 9.17) is 4.98 Å². The molecule has 1 fully saturated rings.